The second kappa shape index (κ2) is 9.58. The van der Waals surface area contributed by atoms with Gasteiger partial charge in [0.1, 0.15) is 24.1 Å². The molecule has 1 unspecified atom stereocenters. The molecule has 0 amide bonds. The highest BCUT2D eigenvalue weighted by atomic mass is 19.1. The van der Waals surface area contributed by atoms with E-state index < -0.39 is 17.2 Å². The zero-order valence-corrected chi connectivity index (χ0v) is 19.9. The smallest absolute Gasteiger partial charge is 0.222 e. The van der Waals surface area contributed by atoms with Crippen molar-refractivity contribution in [3.63, 3.8) is 0 Å². The van der Waals surface area contributed by atoms with Crippen molar-refractivity contribution in [3.05, 3.63) is 66.0 Å². The minimum absolute atomic E-state index is 0.125. The molecule has 1 aromatic carbocycles. The van der Waals surface area contributed by atoms with Crippen molar-refractivity contribution in [2.24, 2.45) is 5.41 Å². The molecule has 3 aromatic rings. The first-order chi connectivity index (χ1) is 16.8. The van der Waals surface area contributed by atoms with Crippen LogP contribution >= 0.6 is 0 Å². The monoisotopic (exact) mass is 483 g/mol. The largest absolute Gasteiger partial charge is 0.382 e. The summed E-state index contributed by atoms with van der Waals surface area (Å²) < 4.78 is 29.6. The Morgan fingerprint density at radius 1 is 1.14 bits per heavy atom. The highest BCUT2D eigenvalue weighted by Gasteiger charge is 2.44. The number of anilines is 1. The number of rotatable bonds is 7. The molecule has 1 saturated carbocycles. The molecule has 1 spiro atoms. The molecule has 1 aliphatic heterocycles. The molecule has 1 saturated heterocycles. The quantitative estimate of drug-likeness (QED) is 0.533. The summed E-state index contributed by atoms with van der Waals surface area (Å²) in [7, 11) is 0. The van der Waals surface area contributed by atoms with Gasteiger partial charge in [0.2, 0.25) is 5.95 Å². The summed E-state index contributed by atoms with van der Waals surface area (Å²) in [4.78, 5) is 14.3. The number of hydrogen-bond donors (Lipinski definition) is 2. The SMILES string of the molecule is Cc1ccc(C(O)(CN2CCC3(CCC(Nc4ncc(F)cn4)CC3)C2)Cn2cncn2)c(F)c1. The lowest BCUT2D eigenvalue weighted by molar-refractivity contribution is -0.0195. The van der Waals surface area contributed by atoms with Gasteiger partial charge in [0.05, 0.1) is 18.9 Å². The third-order valence-electron chi connectivity index (χ3n) is 7.52. The van der Waals surface area contributed by atoms with E-state index in [4.69, 9.17) is 0 Å². The molecule has 2 aliphatic rings. The third kappa shape index (κ3) is 5.33. The minimum atomic E-state index is -1.43. The maximum Gasteiger partial charge on any atom is 0.222 e. The van der Waals surface area contributed by atoms with Crippen molar-refractivity contribution in [2.75, 3.05) is 25.0 Å². The number of aromatic nitrogens is 5. The number of likely N-dealkylation sites (tertiary alicyclic amines) is 1. The number of halogens is 2. The van der Waals surface area contributed by atoms with E-state index in [0.717, 1.165) is 50.8 Å². The zero-order valence-electron chi connectivity index (χ0n) is 19.9. The number of nitrogens with one attached hydrogen (secondary N) is 1. The Labute approximate surface area is 203 Å². The number of aryl methyl sites for hydroxylation is 1. The molecular weight excluding hydrogens is 452 g/mol. The van der Waals surface area contributed by atoms with Crippen LogP contribution in [0.3, 0.4) is 0 Å². The predicted octanol–water partition coefficient (Wildman–Crippen LogP) is 3.29. The van der Waals surface area contributed by atoms with Crippen LogP contribution in [0, 0.1) is 24.0 Å². The van der Waals surface area contributed by atoms with Crippen LogP contribution in [0.25, 0.3) is 0 Å². The third-order valence-corrected chi connectivity index (χ3v) is 7.52. The topological polar surface area (TPSA) is 92.0 Å². The molecule has 8 nitrogen and oxygen atoms in total. The molecule has 3 heterocycles. The highest BCUT2D eigenvalue weighted by Crippen LogP contribution is 2.45. The Morgan fingerprint density at radius 3 is 2.60 bits per heavy atom. The second-order valence-corrected chi connectivity index (χ2v) is 10.2. The summed E-state index contributed by atoms with van der Waals surface area (Å²) in [6.07, 6.45) is 10.4. The van der Waals surface area contributed by atoms with E-state index in [2.05, 4.69) is 30.3 Å². The molecule has 10 heteroatoms. The average molecular weight is 484 g/mol. The summed E-state index contributed by atoms with van der Waals surface area (Å²) in [6, 6.07) is 5.23. The Hall–Kier alpha value is -2.98. The number of benzene rings is 1. The van der Waals surface area contributed by atoms with E-state index in [0.29, 0.717) is 12.5 Å². The van der Waals surface area contributed by atoms with Gasteiger partial charge >= 0.3 is 0 Å². The molecule has 0 bridgehead atoms. The van der Waals surface area contributed by atoms with Crippen molar-refractivity contribution in [3.8, 4) is 0 Å². The molecule has 2 aromatic heterocycles. The fourth-order valence-corrected chi connectivity index (χ4v) is 5.68. The molecular formula is C25H31F2N7O. The Balaban J connectivity index is 1.25. The zero-order chi connectivity index (χ0) is 24.5. The molecule has 35 heavy (non-hydrogen) atoms. The Kier molecular flexibility index (Phi) is 6.50. The van der Waals surface area contributed by atoms with Gasteiger partial charge in [-0.25, -0.2) is 28.4 Å². The van der Waals surface area contributed by atoms with Crippen molar-refractivity contribution < 1.29 is 13.9 Å². The van der Waals surface area contributed by atoms with E-state index in [1.807, 2.05) is 13.0 Å². The average Bonchev–Trinajstić information content (AvgIpc) is 3.47. The van der Waals surface area contributed by atoms with Gasteiger partial charge in [-0.3, -0.25) is 4.90 Å². The lowest BCUT2D eigenvalue weighted by Gasteiger charge is -2.38. The minimum Gasteiger partial charge on any atom is -0.382 e. The molecule has 186 valence electrons. The van der Waals surface area contributed by atoms with Crippen LogP contribution in [-0.4, -0.2) is 60.4 Å². The Bertz CT molecular complexity index is 1130. The van der Waals surface area contributed by atoms with Gasteiger partial charge < -0.3 is 10.4 Å². The highest BCUT2D eigenvalue weighted by molar-refractivity contribution is 5.29. The van der Waals surface area contributed by atoms with Crippen molar-refractivity contribution >= 4 is 5.95 Å². The first-order valence-corrected chi connectivity index (χ1v) is 12.1. The lowest BCUT2D eigenvalue weighted by Crippen LogP contribution is -2.45. The number of hydrogen-bond acceptors (Lipinski definition) is 7. The van der Waals surface area contributed by atoms with Gasteiger partial charge in [-0.15, -0.1) is 0 Å². The summed E-state index contributed by atoms with van der Waals surface area (Å²) in [5, 5.41) is 19.2. The summed E-state index contributed by atoms with van der Waals surface area (Å²) in [6.45, 7) is 3.99. The van der Waals surface area contributed by atoms with Gasteiger partial charge in [0, 0.05) is 24.7 Å². The molecule has 2 fully saturated rings. The summed E-state index contributed by atoms with van der Waals surface area (Å²) >= 11 is 0. The van der Waals surface area contributed by atoms with Crippen LogP contribution in [0.5, 0.6) is 0 Å². The molecule has 1 aliphatic carbocycles. The maximum atomic E-state index is 15.0. The number of β-amino-alcohol motifs (C(OH)–C–C–N with tert-alkyl or cyclic N) is 1. The van der Waals surface area contributed by atoms with Crippen LogP contribution in [-0.2, 0) is 12.1 Å². The van der Waals surface area contributed by atoms with Crippen molar-refractivity contribution in [1.82, 2.24) is 29.6 Å². The van der Waals surface area contributed by atoms with Gasteiger partial charge in [-0.1, -0.05) is 12.1 Å². The first kappa shape index (κ1) is 23.7. The van der Waals surface area contributed by atoms with E-state index in [1.54, 1.807) is 17.1 Å². The van der Waals surface area contributed by atoms with Crippen molar-refractivity contribution in [2.45, 2.75) is 57.2 Å². The summed E-state index contributed by atoms with van der Waals surface area (Å²) in [5.41, 5.74) is -0.157. The fraction of sp³-hybridized carbons (Fsp3) is 0.520. The number of aliphatic hydroxyl groups is 1. The second-order valence-electron chi connectivity index (χ2n) is 10.2. The normalized spacial score (nSPS) is 24.5. The van der Waals surface area contributed by atoms with Crippen LogP contribution in [0.2, 0.25) is 0 Å². The van der Waals surface area contributed by atoms with Crippen LogP contribution in [0.4, 0.5) is 14.7 Å². The molecule has 0 radical (unpaired) electrons. The Morgan fingerprint density at radius 2 is 1.91 bits per heavy atom. The summed E-state index contributed by atoms with van der Waals surface area (Å²) in [5.74, 6) is -0.395. The molecule has 1 atom stereocenters. The maximum absolute atomic E-state index is 15.0. The number of nitrogens with zero attached hydrogens (tertiary/aromatic N) is 6. The van der Waals surface area contributed by atoms with E-state index in [-0.39, 0.29) is 23.6 Å². The van der Waals surface area contributed by atoms with Crippen LogP contribution in [0.15, 0.2) is 43.2 Å². The molecule has 5 rings (SSSR count). The van der Waals surface area contributed by atoms with E-state index >= 15 is 0 Å². The van der Waals surface area contributed by atoms with Gasteiger partial charge in [-0.05, 0) is 62.6 Å². The van der Waals surface area contributed by atoms with E-state index in [9.17, 15) is 13.9 Å². The molecule has 2 N–H and O–H groups in total. The van der Waals surface area contributed by atoms with Gasteiger partial charge in [0.15, 0.2) is 5.82 Å². The van der Waals surface area contributed by atoms with Crippen molar-refractivity contribution in [1.29, 1.82) is 0 Å². The predicted molar refractivity (Wildman–Crippen MR) is 126 cm³/mol. The van der Waals surface area contributed by atoms with Gasteiger partial charge in [0.25, 0.3) is 0 Å². The van der Waals surface area contributed by atoms with Crippen LogP contribution < -0.4 is 5.32 Å². The standard InChI is InChI=1S/C25H31F2N7O/c1-18-2-3-21(22(27)10-18)25(35,15-34-17-28-16-31-34)14-33-9-8-24(13-33)6-4-20(5-7-24)32-23-29-11-19(26)12-30-23/h2-3,10-12,16-17,20,35H,4-9,13-15H2,1H3,(H,29,30,32). The lowest BCUT2D eigenvalue weighted by atomic mass is 9.72. The fourth-order valence-electron chi connectivity index (χ4n) is 5.68. The first-order valence-electron chi connectivity index (χ1n) is 12.1. The van der Waals surface area contributed by atoms with Crippen LogP contribution in [0.1, 0.15) is 43.2 Å². The van der Waals surface area contributed by atoms with Gasteiger partial charge in [-0.2, -0.15) is 5.10 Å². The van der Waals surface area contributed by atoms with E-state index in [1.165, 1.54) is 24.8 Å².